The summed E-state index contributed by atoms with van der Waals surface area (Å²) < 4.78 is 3.46. The van der Waals surface area contributed by atoms with Crippen LogP contribution in [-0.4, -0.2) is 39.9 Å². The van der Waals surface area contributed by atoms with E-state index in [9.17, 15) is 0 Å². The minimum Gasteiger partial charge on any atom is -0.354 e. The second-order valence-corrected chi connectivity index (χ2v) is 15.7. The van der Waals surface area contributed by atoms with Crippen molar-refractivity contribution in [2.75, 3.05) is 0 Å². The van der Waals surface area contributed by atoms with Gasteiger partial charge in [0.2, 0.25) is 0 Å². The molecule has 9 heterocycles. The van der Waals surface area contributed by atoms with Gasteiger partial charge in [0.1, 0.15) is 0 Å². The first kappa shape index (κ1) is 33.0. The first-order chi connectivity index (χ1) is 25.4. The third-order valence-electron chi connectivity index (χ3n) is 8.73. The molecule has 0 fully saturated rings. The second-order valence-electron chi connectivity index (χ2n) is 12.1. The van der Waals surface area contributed by atoms with E-state index in [1.807, 2.05) is 55.2 Å². The van der Waals surface area contributed by atoms with Crippen LogP contribution in [0.15, 0.2) is 116 Å². The smallest absolute Gasteiger partial charge is 0.0738 e. The Morgan fingerprint density at radius 2 is 0.635 bits per heavy atom. The van der Waals surface area contributed by atoms with Gasteiger partial charge < -0.3 is 9.97 Å². The Morgan fingerprint density at radius 1 is 0.346 bits per heavy atom. The average Bonchev–Trinajstić information content (AvgIpc) is 3.96. The third-order valence-corrected chi connectivity index (χ3v) is 10.5. The van der Waals surface area contributed by atoms with E-state index in [4.69, 9.17) is 9.97 Å². The maximum Gasteiger partial charge on any atom is 0.0738 e. The number of aromatic amines is 2. The van der Waals surface area contributed by atoms with Crippen molar-refractivity contribution >= 4 is 110 Å². The highest BCUT2D eigenvalue weighted by Gasteiger charge is 2.20. The Balaban J connectivity index is 1.49. The number of rotatable bonds is 4. The highest BCUT2D eigenvalue weighted by Crippen LogP contribution is 2.39. The van der Waals surface area contributed by atoms with E-state index in [1.54, 1.807) is 24.8 Å². The molecule has 0 radical (unpaired) electrons. The van der Waals surface area contributed by atoms with Crippen molar-refractivity contribution in [3.05, 3.63) is 139 Å². The topological polar surface area (TPSA) is 109 Å². The fourth-order valence-electron chi connectivity index (χ4n) is 6.61. The normalized spacial score (nSPS) is 12.1. The van der Waals surface area contributed by atoms with E-state index in [2.05, 4.69) is 136 Å². The van der Waals surface area contributed by atoms with Crippen molar-refractivity contribution in [1.82, 2.24) is 39.9 Å². The van der Waals surface area contributed by atoms with Crippen LogP contribution in [0.25, 0.3) is 90.9 Å². The highest BCUT2D eigenvalue weighted by molar-refractivity contribution is 9.11. The molecule has 0 saturated heterocycles. The van der Waals surface area contributed by atoms with Gasteiger partial charge in [0, 0.05) is 134 Å². The van der Waals surface area contributed by atoms with E-state index in [0.717, 1.165) is 107 Å². The lowest BCUT2D eigenvalue weighted by Crippen LogP contribution is -1.92. The molecule has 9 rings (SSSR count). The van der Waals surface area contributed by atoms with E-state index in [0.29, 0.717) is 0 Å². The monoisotopic (exact) mass is 930 g/mol. The SMILES string of the molecule is Brc1cncc(-c2c3nc(c(-c4cncc(Br)c4)c4ccc([nH]4)c(-c4cncc(Br)c4)c4ccc([nH]4)c(-c4cncc(Br)c4)c4nc2C=C4)C=C3)c1. The first-order valence-electron chi connectivity index (χ1n) is 16.0. The average molecular weight is 934 g/mol. The number of H-pyrrole nitrogens is 2. The zero-order valence-corrected chi connectivity index (χ0v) is 33.1. The minimum absolute atomic E-state index is 0.763. The number of nitrogens with zero attached hydrogens (tertiary/aromatic N) is 6. The molecule has 8 bridgehead atoms. The van der Waals surface area contributed by atoms with E-state index >= 15 is 0 Å². The minimum atomic E-state index is 0.763. The molecule has 0 unspecified atom stereocenters. The molecule has 7 aromatic rings. The van der Waals surface area contributed by atoms with E-state index in [-0.39, 0.29) is 0 Å². The van der Waals surface area contributed by atoms with Crippen molar-refractivity contribution in [2.24, 2.45) is 0 Å². The summed E-state index contributed by atoms with van der Waals surface area (Å²) in [6.07, 6.45) is 22.7. The number of pyridine rings is 4. The Morgan fingerprint density at radius 3 is 0.981 bits per heavy atom. The number of halogens is 4. The number of hydrogen-bond acceptors (Lipinski definition) is 6. The standard InChI is InChI=1S/C40H22Br4N8/c41-25-9-21(13-45-17-25)37-29-1-2-30(49-29)38(22-10-26(42)18-46-14-22)32-5-6-34(51-32)40(24-12-28(44)20-48-16-24)36-8-7-35(52-36)39(33-4-3-31(37)50-33)23-11-27(43)19-47-15-23/h1-20,49-50H. The summed E-state index contributed by atoms with van der Waals surface area (Å²) in [6.45, 7) is 0. The van der Waals surface area contributed by atoms with Crippen molar-refractivity contribution in [2.45, 2.75) is 0 Å². The maximum absolute atomic E-state index is 5.30. The molecule has 2 aliphatic heterocycles. The fourth-order valence-corrected chi connectivity index (χ4v) is 8.07. The largest absolute Gasteiger partial charge is 0.354 e. The quantitative estimate of drug-likeness (QED) is 0.182. The van der Waals surface area contributed by atoms with Crippen LogP contribution >= 0.6 is 63.7 Å². The zero-order chi connectivity index (χ0) is 35.3. The van der Waals surface area contributed by atoms with Crippen LogP contribution in [0, 0.1) is 0 Å². The Kier molecular flexibility index (Phi) is 8.62. The molecule has 2 N–H and O–H groups in total. The van der Waals surface area contributed by atoms with Crippen molar-refractivity contribution < 1.29 is 0 Å². The zero-order valence-electron chi connectivity index (χ0n) is 26.7. The molecule has 0 amide bonds. The van der Waals surface area contributed by atoms with Crippen LogP contribution < -0.4 is 0 Å². The second kappa shape index (κ2) is 13.6. The van der Waals surface area contributed by atoms with Crippen LogP contribution in [0.3, 0.4) is 0 Å². The molecular formula is C40H22Br4N8. The van der Waals surface area contributed by atoms with Gasteiger partial charge in [-0.2, -0.15) is 0 Å². The maximum atomic E-state index is 5.30. The lowest BCUT2D eigenvalue weighted by Gasteiger charge is -2.07. The molecule has 0 saturated carbocycles. The van der Waals surface area contributed by atoms with Gasteiger partial charge in [-0.15, -0.1) is 0 Å². The summed E-state index contributed by atoms with van der Waals surface area (Å²) in [4.78, 5) is 36.2. The predicted octanol–water partition coefficient (Wildman–Crippen LogP) is 12.0. The highest BCUT2D eigenvalue weighted by atomic mass is 79.9. The molecule has 12 heteroatoms. The summed E-state index contributed by atoms with van der Waals surface area (Å²) in [7, 11) is 0. The van der Waals surface area contributed by atoms with Crippen molar-refractivity contribution in [3.8, 4) is 44.5 Å². The summed E-state index contributed by atoms with van der Waals surface area (Å²) >= 11 is 14.6. The van der Waals surface area contributed by atoms with Gasteiger partial charge in [0.05, 0.1) is 22.8 Å². The summed E-state index contributed by atoms with van der Waals surface area (Å²) in [5, 5.41) is 0. The van der Waals surface area contributed by atoms with Crippen LogP contribution in [0.5, 0.6) is 0 Å². The molecule has 2 aliphatic rings. The van der Waals surface area contributed by atoms with Crippen molar-refractivity contribution in [1.29, 1.82) is 0 Å². The molecule has 0 aliphatic carbocycles. The molecule has 8 nitrogen and oxygen atoms in total. The van der Waals surface area contributed by atoms with Gasteiger partial charge in [-0.25, -0.2) is 9.97 Å². The van der Waals surface area contributed by atoms with Gasteiger partial charge in [-0.3, -0.25) is 19.9 Å². The molecule has 7 aromatic heterocycles. The van der Waals surface area contributed by atoms with Gasteiger partial charge in [0.25, 0.3) is 0 Å². The van der Waals surface area contributed by atoms with Crippen LogP contribution in [0.1, 0.15) is 22.8 Å². The van der Waals surface area contributed by atoms with Gasteiger partial charge in [-0.05, 0) is 137 Å². The summed E-state index contributed by atoms with van der Waals surface area (Å²) in [5.74, 6) is 0. The van der Waals surface area contributed by atoms with Crippen LogP contribution in [0.2, 0.25) is 0 Å². The van der Waals surface area contributed by atoms with Crippen molar-refractivity contribution in [3.63, 3.8) is 0 Å². The Labute approximate surface area is 330 Å². The molecule has 52 heavy (non-hydrogen) atoms. The summed E-state index contributed by atoms with van der Waals surface area (Å²) in [6, 6.07) is 16.6. The van der Waals surface area contributed by atoms with Crippen LogP contribution in [-0.2, 0) is 0 Å². The van der Waals surface area contributed by atoms with Crippen LogP contribution in [0.4, 0.5) is 0 Å². The van der Waals surface area contributed by atoms with E-state index < -0.39 is 0 Å². The van der Waals surface area contributed by atoms with Gasteiger partial charge in [0.15, 0.2) is 0 Å². The number of hydrogen-bond donors (Lipinski definition) is 2. The molecule has 0 aromatic carbocycles. The molecule has 250 valence electrons. The fraction of sp³-hybridized carbons (Fsp3) is 0. The van der Waals surface area contributed by atoms with E-state index in [1.165, 1.54) is 0 Å². The predicted molar refractivity (Wildman–Crippen MR) is 223 cm³/mol. The summed E-state index contributed by atoms with van der Waals surface area (Å²) in [5.41, 5.74) is 13.9. The molecular weight excluding hydrogens is 912 g/mol. The van der Waals surface area contributed by atoms with Gasteiger partial charge >= 0.3 is 0 Å². The number of aromatic nitrogens is 8. The third kappa shape index (κ3) is 6.19. The Hall–Kier alpha value is -4.88. The molecule has 0 atom stereocenters. The van der Waals surface area contributed by atoms with Gasteiger partial charge in [-0.1, -0.05) is 0 Å². The molecule has 0 spiro atoms. The lowest BCUT2D eigenvalue weighted by atomic mass is 10.0. The Bertz CT molecular complexity index is 2680. The number of fused-ring (bicyclic) bond motifs is 8. The number of nitrogens with one attached hydrogen (secondary N) is 2. The lowest BCUT2D eigenvalue weighted by molar-refractivity contribution is 1.25. The first-order valence-corrected chi connectivity index (χ1v) is 19.1.